The first-order valence-electron chi connectivity index (χ1n) is 7.96. The van der Waals surface area contributed by atoms with Crippen molar-refractivity contribution >= 4 is 11.9 Å². The van der Waals surface area contributed by atoms with Gasteiger partial charge in [0.2, 0.25) is 5.91 Å². The lowest BCUT2D eigenvalue weighted by molar-refractivity contribution is -0.151. The SMILES string of the molecule is CCOc1ccc(OCCCC(=O)NC2(C(=O)O)CCC2)cc1. The zero-order valence-corrected chi connectivity index (χ0v) is 13.3. The van der Waals surface area contributed by atoms with Crippen LogP contribution >= 0.6 is 0 Å². The Labute approximate surface area is 135 Å². The molecule has 2 N–H and O–H groups in total. The fraction of sp³-hybridized carbons (Fsp3) is 0.529. The number of carbonyl (C=O) groups excluding carboxylic acids is 1. The van der Waals surface area contributed by atoms with E-state index in [0.717, 1.165) is 17.9 Å². The van der Waals surface area contributed by atoms with Crippen LogP contribution in [-0.4, -0.2) is 35.7 Å². The summed E-state index contributed by atoms with van der Waals surface area (Å²) >= 11 is 0. The van der Waals surface area contributed by atoms with E-state index in [2.05, 4.69) is 5.32 Å². The minimum absolute atomic E-state index is 0.234. The number of amides is 1. The third kappa shape index (κ3) is 4.61. The number of aliphatic carboxylic acids is 1. The number of carbonyl (C=O) groups is 2. The molecule has 1 aromatic rings. The third-order valence-corrected chi connectivity index (χ3v) is 3.95. The van der Waals surface area contributed by atoms with Crippen LogP contribution in [0.3, 0.4) is 0 Å². The van der Waals surface area contributed by atoms with Crippen LogP contribution in [0.4, 0.5) is 0 Å². The van der Waals surface area contributed by atoms with E-state index in [1.807, 2.05) is 31.2 Å². The molecule has 0 radical (unpaired) electrons. The molecule has 126 valence electrons. The van der Waals surface area contributed by atoms with Crippen LogP contribution in [-0.2, 0) is 9.59 Å². The van der Waals surface area contributed by atoms with Crippen molar-refractivity contribution in [3.8, 4) is 11.5 Å². The molecule has 0 bridgehead atoms. The summed E-state index contributed by atoms with van der Waals surface area (Å²) in [6, 6.07) is 7.30. The first-order valence-corrected chi connectivity index (χ1v) is 7.96. The van der Waals surface area contributed by atoms with Gasteiger partial charge in [-0.2, -0.15) is 0 Å². The summed E-state index contributed by atoms with van der Waals surface area (Å²) in [4.78, 5) is 23.0. The largest absolute Gasteiger partial charge is 0.494 e. The highest BCUT2D eigenvalue weighted by atomic mass is 16.5. The molecule has 0 aromatic heterocycles. The van der Waals surface area contributed by atoms with Gasteiger partial charge >= 0.3 is 5.97 Å². The first kappa shape index (κ1) is 17.1. The van der Waals surface area contributed by atoms with E-state index in [1.54, 1.807) is 0 Å². The highest BCUT2D eigenvalue weighted by Crippen LogP contribution is 2.32. The topological polar surface area (TPSA) is 84.9 Å². The summed E-state index contributed by atoms with van der Waals surface area (Å²) in [7, 11) is 0. The molecular formula is C17H23NO5. The van der Waals surface area contributed by atoms with E-state index in [-0.39, 0.29) is 12.3 Å². The molecule has 1 saturated carbocycles. The molecule has 0 heterocycles. The molecule has 0 atom stereocenters. The van der Waals surface area contributed by atoms with Gasteiger partial charge in [-0.3, -0.25) is 4.79 Å². The van der Waals surface area contributed by atoms with Gasteiger partial charge in [0.1, 0.15) is 17.0 Å². The average Bonchev–Trinajstić information content (AvgIpc) is 2.49. The smallest absolute Gasteiger partial charge is 0.329 e. The van der Waals surface area contributed by atoms with Crippen LogP contribution in [0.5, 0.6) is 11.5 Å². The van der Waals surface area contributed by atoms with Crippen molar-refractivity contribution in [3.05, 3.63) is 24.3 Å². The molecule has 23 heavy (non-hydrogen) atoms. The van der Waals surface area contributed by atoms with Gasteiger partial charge in [-0.15, -0.1) is 0 Å². The Hall–Kier alpha value is -2.24. The monoisotopic (exact) mass is 321 g/mol. The molecule has 1 fully saturated rings. The predicted molar refractivity (Wildman–Crippen MR) is 84.7 cm³/mol. The van der Waals surface area contributed by atoms with Gasteiger partial charge < -0.3 is 19.9 Å². The molecule has 1 aliphatic carbocycles. The van der Waals surface area contributed by atoms with Gasteiger partial charge in [-0.1, -0.05) is 0 Å². The van der Waals surface area contributed by atoms with Gasteiger partial charge in [-0.25, -0.2) is 4.79 Å². The lowest BCUT2D eigenvalue weighted by Crippen LogP contribution is -2.59. The van der Waals surface area contributed by atoms with E-state index < -0.39 is 11.5 Å². The molecule has 1 aromatic carbocycles. The van der Waals surface area contributed by atoms with E-state index in [4.69, 9.17) is 14.6 Å². The zero-order valence-electron chi connectivity index (χ0n) is 13.3. The van der Waals surface area contributed by atoms with Crippen molar-refractivity contribution in [1.82, 2.24) is 5.32 Å². The van der Waals surface area contributed by atoms with Gasteiger partial charge in [0, 0.05) is 6.42 Å². The maximum absolute atomic E-state index is 11.8. The quantitative estimate of drug-likeness (QED) is 0.682. The van der Waals surface area contributed by atoms with E-state index >= 15 is 0 Å². The Morgan fingerprint density at radius 3 is 2.26 bits per heavy atom. The molecule has 0 saturated heterocycles. The van der Waals surface area contributed by atoms with Crippen molar-refractivity contribution < 1.29 is 24.2 Å². The van der Waals surface area contributed by atoms with E-state index in [1.165, 1.54) is 0 Å². The van der Waals surface area contributed by atoms with Gasteiger partial charge in [-0.05, 0) is 56.9 Å². The molecule has 0 unspecified atom stereocenters. The van der Waals surface area contributed by atoms with Crippen molar-refractivity contribution in [3.63, 3.8) is 0 Å². The summed E-state index contributed by atoms with van der Waals surface area (Å²) in [5.41, 5.74) is -1.03. The minimum Gasteiger partial charge on any atom is -0.494 e. The molecule has 6 heteroatoms. The van der Waals surface area contributed by atoms with Crippen molar-refractivity contribution in [1.29, 1.82) is 0 Å². The van der Waals surface area contributed by atoms with Crippen molar-refractivity contribution in [2.45, 2.75) is 44.6 Å². The number of carboxylic acids is 1. The summed E-state index contributed by atoms with van der Waals surface area (Å²) < 4.78 is 10.9. The predicted octanol–water partition coefficient (Wildman–Crippen LogP) is 2.37. The van der Waals surface area contributed by atoms with Gasteiger partial charge in [0.15, 0.2) is 0 Å². The molecular weight excluding hydrogens is 298 g/mol. The number of hydrogen-bond acceptors (Lipinski definition) is 4. The summed E-state index contributed by atoms with van der Waals surface area (Å²) in [6.07, 6.45) is 2.65. The van der Waals surface area contributed by atoms with E-state index in [0.29, 0.717) is 32.5 Å². The fourth-order valence-electron chi connectivity index (χ4n) is 2.47. The Balaban J connectivity index is 1.66. The fourth-order valence-corrected chi connectivity index (χ4v) is 2.47. The number of rotatable bonds is 9. The van der Waals surface area contributed by atoms with Crippen LogP contribution < -0.4 is 14.8 Å². The molecule has 1 aliphatic rings. The standard InChI is InChI=1S/C17H23NO5/c1-2-22-13-6-8-14(9-7-13)23-12-3-5-15(19)18-17(16(20)21)10-4-11-17/h6-9H,2-5,10-12H2,1H3,(H,18,19)(H,20,21). The first-order chi connectivity index (χ1) is 11.1. The van der Waals surface area contributed by atoms with Crippen LogP contribution in [0, 0.1) is 0 Å². The van der Waals surface area contributed by atoms with Crippen LogP contribution in [0.25, 0.3) is 0 Å². The second-order valence-electron chi connectivity index (χ2n) is 5.65. The number of ether oxygens (including phenoxy) is 2. The Morgan fingerprint density at radius 1 is 1.17 bits per heavy atom. The number of hydrogen-bond donors (Lipinski definition) is 2. The molecule has 0 aliphatic heterocycles. The number of nitrogens with one attached hydrogen (secondary N) is 1. The number of benzene rings is 1. The average molecular weight is 321 g/mol. The molecule has 0 spiro atoms. The van der Waals surface area contributed by atoms with Gasteiger partial charge in [0.25, 0.3) is 0 Å². The van der Waals surface area contributed by atoms with Crippen molar-refractivity contribution in [2.75, 3.05) is 13.2 Å². The molecule has 1 amide bonds. The molecule has 6 nitrogen and oxygen atoms in total. The minimum atomic E-state index is -1.03. The third-order valence-electron chi connectivity index (χ3n) is 3.95. The van der Waals surface area contributed by atoms with E-state index in [9.17, 15) is 9.59 Å². The summed E-state index contributed by atoms with van der Waals surface area (Å²) in [5.74, 6) is 0.332. The normalized spacial score (nSPS) is 15.3. The van der Waals surface area contributed by atoms with Gasteiger partial charge in [0.05, 0.1) is 13.2 Å². The van der Waals surface area contributed by atoms with Crippen LogP contribution in [0.2, 0.25) is 0 Å². The van der Waals surface area contributed by atoms with Crippen molar-refractivity contribution in [2.24, 2.45) is 0 Å². The summed E-state index contributed by atoms with van der Waals surface area (Å²) in [5, 5.41) is 11.8. The zero-order chi connectivity index (χ0) is 16.7. The van der Waals surface area contributed by atoms with Crippen LogP contribution in [0.1, 0.15) is 39.0 Å². The highest BCUT2D eigenvalue weighted by Gasteiger charge is 2.45. The lowest BCUT2D eigenvalue weighted by atomic mass is 9.76. The molecule has 2 rings (SSSR count). The lowest BCUT2D eigenvalue weighted by Gasteiger charge is -2.38. The second kappa shape index (κ2) is 7.85. The number of carboxylic acid groups (broad SMARTS) is 1. The van der Waals surface area contributed by atoms with Crippen LogP contribution in [0.15, 0.2) is 24.3 Å². The highest BCUT2D eigenvalue weighted by molar-refractivity contribution is 5.87. The maximum atomic E-state index is 11.8. The Morgan fingerprint density at radius 2 is 1.78 bits per heavy atom. The maximum Gasteiger partial charge on any atom is 0.329 e. The Bertz CT molecular complexity index is 536. The summed E-state index contributed by atoms with van der Waals surface area (Å²) in [6.45, 7) is 2.95. The second-order valence-corrected chi connectivity index (χ2v) is 5.65. The Kier molecular flexibility index (Phi) is 5.84.